The lowest BCUT2D eigenvalue weighted by atomic mass is 9.90. The molecule has 1 fully saturated rings. The number of unbranched alkanes of at least 4 members (excludes halogenated alkanes) is 1. The van der Waals surface area contributed by atoms with Crippen LogP contribution in [0, 0.1) is 0 Å². The van der Waals surface area contributed by atoms with Crippen molar-refractivity contribution in [3.8, 4) is 0 Å². The Hall–Kier alpha value is -0.115. The summed E-state index contributed by atoms with van der Waals surface area (Å²) in [6.45, 7) is 2.70. The fourth-order valence-corrected chi connectivity index (χ4v) is 1.03. The number of hydrogen-bond acceptors (Lipinski definition) is 1. The molecule has 0 unspecified atom stereocenters. The molecule has 1 aliphatic carbocycles. The van der Waals surface area contributed by atoms with Gasteiger partial charge in [0.1, 0.15) is 0 Å². The van der Waals surface area contributed by atoms with Gasteiger partial charge in [0.25, 0.3) is 0 Å². The summed E-state index contributed by atoms with van der Waals surface area (Å²) in [5, 5.41) is 0. The predicted molar refractivity (Wildman–Crippen MR) is 41.0 cm³/mol. The Kier molecular flexibility index (Phi) is 3.30. The maximum absolute atomic E-state index is 11.9. The van der Waals surface area contributed by atoms with Gasteiger partial charge in [-0.15, -0.1) is 0 Å². The fourth-order valence-electron chi connectivity index (χ4n) is 1.03. The van der Waals surface area contributed by atoms with Crippen molar-refractivity contribution in [2.75, 3.05) is 6.61 Å². The summed E-state index contributed by atoms with van der Waals surface area (Å²) in [4.78, 5) is 0. The molecule has 0 saturated heterocycles. The van der Waals surface area contributed by atoms with E-state index in [0.29, 0.717) is 13.0 Å². The zero-order chi connectivity index (χ0) is 8.27. The van der Waals surface area contributed by atoms with Gasteiger partial charge in [0.15, 0.2) is 0 Å². The van der Waals surface area contributed by atoms with E-state index in [1.807, 2.05) is 0 Å². The Morgan fingerprint density at radius 3 is 2.73 bits per heavy atom. The third kappa shape index (κ3) is 2.77. The quantitative estimate of drug-likeness (QED) is 0.445. The monoisotopic (exact) mass is 162 g/mol. The third-order valence-electron chi connectivity index (χ3n) is 1.93. The van der Waals surface area contributed by atoms with Crippen molar-refractivity contribution in [3.63, 3.8) is 0 Å². The molecule has 2 atom stereocenters. The second-order valence-electron chi connectivity index (χ2n) is 3.00. The third-order valence-corrected chi connectivity index (χ3v) is 1.93. The van der Waals surface area contributed by atoms with E-state index >= 15 is 0 Å². The molecule has 0 spiro atoms. The van der Waals surface area contributed by atoms with Gasteiger partial charge < -0.3 is 4.74 Å². The molecule has 0 aromatic carbocycles. The lowest BCUT2D eigenvalue weighted by Gasteiger charge is -1.99. The minimum absolute atomic E-state index is 0.137. The highest BCUT2D eigenvalue weighted by atomic mass is 19.2. The molecular formula is C7H13BF2O. The van der Waals surface area contributed by atoms with Gasteiger partial charge in [-0.2, -0.15) is 0 Å². The number of halogens is 2. The van der Waals surface area contributed by atoms with Crippen LogP contribution in [0.15, 0.2) is 0 Å². The van der Waals surface area contributed by atoms with Crippen LogP contribution in [-0.4, -0.2) is 20.0 Å². The molecule has 1 rings (SSSR count). The van der Waals surface area contributed by atoms with E-state index in [1.165, 1.54) is 0 Å². The highest BCUT2D eigenvalue weighted by Crippen LogP contribution is 2.43. The van der Waals surface area contributed by atoms with E-state index in [-0.39, 0.29) is 6.10 Å². The van der Waals surface area contributed by atoms with Gasteiger partial charge in [-0.25, -0.2) is 0 Å². The first-order valence-electron chi connectivity index (χ1n) is 4.15. The SMILES string of the molecule is CCCCO[C@@H]1C[C@@H]1B(F)F. The average Bonchev–Trinajstić information content (AvgIpc) is 2.68. The Labute approximate surface area is 66.3 Å². The van der Waals surface area contributed by atoms with E-state index in [0.717, 1.165) is 12.8 Å². The van der Waals surface area contributed by atoms with Crippen LogP contribution in [-0.2, 0) is 4.74 Å². The highest BCUT2D eigenvalue weighted by Gasteiger charge is 2.48. The highest BCUT2D eigenvalue weighted by molar-refractivity contribution is 6.46. The Balaban J connectivity index is 1.96. The molecule has 0 amide bonds. The first kappa shape index (κ1) is 8.98. The first-order valence-corrected chi connectivity index (χ1v) is 4.15. The normalized spacial score (nSPS) is 28.6. The summed E-state index contributed by atoms with van der Waals surface area (Å²) < 4.78 is 29.0. The number of ether oxygens (including phenoxy) is 1. The van der Waals surface area contributed by atoms with E-state index in [9.17, 15) is 8.63 Å². The van der Waals surface area contributed by atoms with Gasteiger partial charge in [0, 0.05) is 12.4 Å². The van der Waals surface area contributed by atoms with Gasteiger partial charge in [0.2, 0.25) is 0 Å². The molecule has 0 aromatic rings. The van der Waals surface area contributed by atoms with Crippen molar-refractivity contribution in [2.24, 2.45) is 0 Å². The average molecular weight is 162 g/mol. The molecule has 1 saturated carbocycles. The standard InChI is InChI=1S/C7H13BF2O/c1-2-3-4-11-7-5-6(7)8(9)10/h6-7H,2-5H2,1H3/t6-,7+/m0/s1. The maximum Gasteiger partial charge on any atom is 0.543 e. The van der Waals surface area contributed by atoms with Crippen molar-refractivity contribution in [1.29, 1.82) is 0 Å². The molecule has 1 nitrogen and oxygen atoms in total. The van der Waals surface area contributed by atoms with Crippen LogP contribution < -0.4 is 0 Å². The van der Waals surface area contributed by atoms with Crippen molar-refractivity contribution >= 4 is 7.27 Å². The fraction of sp³-hybridized carbons (Fsp3) is 1.00. The summed E-state index contributed by atoms with van der Waals surface area (Å²) in [7, 11) is -2.18. The maximum atomic E-state index is 11.9. The Morgan fingerprint density at radius 1 is 1.55 bits per heavy atom. The minimum Gasteiger partial charge on any atom is -0.378 e. The van der Waals surface area contributed by atoms with E-state index in [2.05, 4.69) is 6.92 Å². The molecule has 0 aromatic heterocycles. The van der Waals surface area contributed by atoms with Crippen LogP contribution in [0.3, 0.4) is 0 Å². The second-order valence-corrected chi connectivity index (χ2v) is 3.00. The van der Waals surface area contributed by atoms with Crippen LogP contribution >= 0.6 is 0 Å². The minimum atomic E-state index is -2.18. The lowest BCUT2D eigenvalue weighted by molar-refractivity contribution is 0.116. The molecule has 4 heteroatoms. The summed E-state index contributed by atoms with van der Waals surface area (Å²) in [6, 6.07) is 0. The zero-order valence-corrected chi connectivity index (χ0v) is 6.72. The van der Waals surface area contributed by atoms with Crippen LogP contribution in [0.25, 0.3) is 0 Å². The van der Waals surface area contributed by atoms with Crippen LogP contribution in [0.5, 0.6) is 0 Å². The summed E-state index contributed by atoms with van der Waals surface area (Å²) in [5.41, 5.74) is 0. The van der Waals surface area contributed by atoms with Crippen LogP contribution in [0.2, 0.25) is 5.82 Å². The molecule has 0 aliphatic heterocycles. The first-order chi connectivity index (χ1) is 5.25. The topological polar surface area (TPSA) is 9.23 Å². The van der Waals surface area contributed by atoms with Gasteiger partial charge in [-0.3, -0.25) is 8.63 Å². The number of rotatable bonds is 5. The smallest absolute Gasteiger partial charge is 0.378 e. The van der Waals surface area contributed by atoms with Crippen molar-refractivity contribution < 1.29 is 13.4 Å². The van der Waals surface area contributed by atoms with Crippen LogP contribution in [0.4, 0.5) is 8.63 Å². The molecule has 11 heavy (non-hydrogen) atoms. The van der Waals surface area contributed by atoms with Gasteiger partial charge in [0.05, 0.1) is 6.10 Å². The summed E-state index contributed by atoms with van der Waals surface area (Å²) >= 11 is 0. The van der Waals surface area contributed by atoms with Gasteiger partial charge in [-0.05, 0) is 12.8 Å². The predicted octanol–water partition coefficient (Wildman–Crippen LogP) is 2.37. The van der Waals surface area contributed by atoms with Crippen molar-refractivity contribution in [3.05, 3.63) is 0 Å². The molecular weight excluding hydrogens is 149 g/mol. The van der Waals surface area contributed by atoms with Crippen molar-refractivity contribution in [2.45, 2.75) is 38.1 Å². The number of hydrogen-bond donors (Lipinski definition) is 0. The summed E-state index contributed by atoms with van der Waals surface area (Å²) in [5.74, 6) is -0.466. The van der Waals surface area contributed by atoms with Gasteiger partial charge in [-0.1, -0.05) is 13.3 Å². The zero-order valence-electron chi connectivity index (χ0n) is 6.72. The lowest BCUT2D eigenvalue weighted by Crippen LogP contribution is -2.03. The van der Waals surface area contributed by atoms with Gasteiger partial charge >= 0.3 is 7.27 Å². The largest absolute Gasteiger partial charge is 0.543 e. The van der Waals surface area contributed by atoms with E-state index < -0.39 is 13.1 Å². The summed E-state index contributed by atoms with van der Waals surface area (Å²) in [6.07, 6.45) is 2.46. The second kappa shape index (κ2) is 4.05. The van der Waals surface area contributed by atoms with E-state index in [1.54, 1.807) is 0 Å². The molecule has 0 radical (unpaired) electrons. The Morgan fingerprint density at radius 2 is 2.27 bits per heavy atom. The molecule has 0 heterocycles. The molecule has 64 valence electrons. The van der Waals surface area contributed by atoms with Crippen LogP contribution in [0.1, 0.15) is 26.2 Å². The molecule has 0 N–H and O–H groups in total. The van der Waals surface area contributed by atoms with E-state index in [4.69, 9.17) is 4.74 Å². The molecule has 0 bridgehead atoms. The Bertz CT molecular complexity index is 121. The molecule has 1 aliphatic rings. The van der Waals surface area contributed by atoms with Crippen molar-refractivity contribution in [1.82, 2.24) is 0 Å².